The highest BCUT2D eigenvalue weighted by molar-refractivity contribution is 7.91. The van der Waals surface area contributed by atoms with Crippen molar-refractivity contribution >= 4 is 21.4 Å². The first-order chi connectivity index (χ1) is 6.93. The van der Waals surface area contributed by atoms with Gasteiger partial charge in [0.1, 0.15) is 4.21 Å². The standard InChI is InChI=1S/C9H15NO3S2/c1-3-9(2,7-11)10-15(12,13)8-5-4-6-14-8/h4-6,10-11H,3,7H2,1-2H3. The molecule has 86 valence electrons. The molecule has 0 aliphatic rings. The van der Waals surface area contributed by atoms with Gasteiger partial charge in [0.15, 0.2) is 0 Å². The zero-order valence-electron chi connectivity index (χ0n) is 8.73. The normalized spacial score (nSPS) is 16.2. The first kappa shape index (κ1) is 12.6. The Morgan fingerprint density at radius 3 is 2.67 bits per heavy atom. The van der Waals surface area contributed by atoms with Crippen LogP contribution in [0.2, 0.25) is 0 Å². The van der Waals surface area contributed by atoms with Crippen LogP contribution < -0.4 is 4.72 Å². The molecule has 0 radical (unpaired) electrons. The summed E-state index contributed by atoms with van der Waals surface area (Å²) in [7, 11) is -3.49. The van der Waals surface area contributed by atoms with E-state index in [0.717, 1.165) is 11.3 Å². The molecule has 0 spiro atoms. The third-order valence-corrected chi connectivity index (χ3v) is 5.31. The minimum atomic E-state index is -3.49. The van der Waals surface area contributed by atoms with Crippen molar-refractivity contribution < 1.29 is 13.5 Å². The summed E-state index contributed by atoms with van der Waals surface area (Å²) in [5.74, 6) is 0. The second kappa shape index (κ2) is 4.61. The largest absolute Gasteiger partial charge is 0.394 e. The molecule has 4 nitrogen and oxygen atoms in total. The zero-order chi connectivity index (χ0) is 11.5. The van der Waals surface area contributed by atoms with Crippen LogP contribution in [0, 0.1) is 0 Å². The Morgan fingerprint density at radius 2 is 2.27 bits per heavy atom. The Balaban J connectivity index is 2.91. The van der Waals surface area contributed by atoms with Gasteiger partial charge in [-0.2, -0.15) is 0 Å². The summed E-state index contributed by atoms with van der Waals surface area (Å²) >= 11 is 1.16. The van der Waals surface area contributed by atoms with Crippen LogP contribution >= 0.6 is 11.3 Å². The number of aliphatic hydroxyl groups excluding tert-OH is 1. The number of nitrogens with one attached hydrogen (secondary N) is 1. The maximum atomic E-state index is 11.8. The molecule has 1 aromatic rings. The van der Waals surface area contributed by atoms with Gasteiger partial charge in [0.25, 0.3) is 10.0 Å². The van der Waals surface area contributed by atoms with Crippen molar-refractivity contribution in [3.63, 3.8) is 0 Å². The molecular formula is C9H15NO3S2. The van der Waals surface area contributed by atoms with Crippen molar-refractivity contribution in [1.82, 2.24) is 4.72 Å². The summed E-state index contributed by atoms with van der Waals surface area (Å²) in [6.45, 7) is 3.29. The maximum Gasteiger partial charge on any atom is 0.250 e. The molecule has 0 aromatic carbocycles. The van der Waals surface area contributed by atoms with Crippen LogP contribution in [0.5, 0.6) is 0 Å². The Hall–Kier alpha value is -0.430. The van der Waals surface area contributed by atoms with E-state index in [1.807, 2.05) is 6.92 Å². The number of sulfonamides is 1. The van der Waals surface area contributed by atoms with Crippen LogP contribution in [0.25, 0.3) is 0 Å². The Labute approximate surface area is 94.0 Å². The summed E-state index contributed by atoms with van der Waals surface area (Å²) in [6.07, 6.45) is 0.536. The Bertz CT molecular complexity index is 393. The quantitative estimate of drug-likeness (QED) is 0.823. The Morgan fingerprint density at radius 1 is 1.60 bits per heavy atom. The fraction of sp³-hybridized carbons (Fsp3) is 0.556. The van der Waals surface area contributed by atoms with Gasteiger partial charge in [0.2, 0.25) is 0 Å². The van der Waals surface area contributed by atoms with Crippen molar-refractivity contribution in [2.24, 2.45) is 0 Å². The minimum absolute atomic E-state index is 0.214. The van der Waals surface area contributed by atoms with E-state index < -0.39 is 15.6 Å². The predicted octanol–water partition coefficient (Wildman–Crippen LogP) is 1.19. The SMILES string of the molecule is CCC(C)(CO)NS(=O)(=O)c1cccs1. The fourth-order valence-electron chi connectivity index (χ4n) is 1.01. The van der Waals surface area contributed by atoms with E-state index in [2.05, 4.69) is 4.72 Å². The Kier molecular flexibility index (Phi) is 3.88. The van der Waals surface area contributed by atoms with Crippen molar-refractivity contribution in [2.75, 3.05) is 6.61 Å². The van der Waals surface area contributed by atoms with Crippen LogP contribution in [0.4, 0.5) is 0 Å². The average Bonchev–Trinajstić information content (AvgIpc) is 2.70. The maximum absolute atomic E-state index is 11.8. The monoisotopic (exact) mass is 249 g/mol. The number of hydrogen-bond acceptors (Lipinski definition) is 4. The molecule has 15 heavy (non-hydrogen) atoms. The average molecular weight is 249 g/mol. The molecule has 0 saturated carbocycles. The number of thiophene rings is 1. The summed E-state index contributed by atoms with van der Waals surface area (Å²) in [5.41, 5.74) is -0.789. The van der Waals surface area contributed by atoms with E-state index >= 15 is 0 Å². The molecule has 1 heterocycles. The van der Waals surface area contributed by atoms with Crippen LogP contribution in [0.3, 0.4) is 0 Å². The first-order valence-electron chi connectivity index (χ1n) is 4.62. The van der Waals surface area contributed by atoms with Gasteiger partial charge in [-0.15, -0.1) is 11.3 Å². The fourth-order valence-corrected chi connectivity index (χ4v) is 3.47. The molecular weight excluding hydrogens is 234 g/mol. The topological polar surface area (TPSA) is 66.4 Å². The molecule has 0 amide bonds. The molecule has 0 bridgehead atoms. The molecule has 0 aliphatic heterocycles. The number of aliphatic hydroxyl groups is 1. The summed E-state index contributed by atoms with van der Waals surface area (Å²) in [4.78, 5) is 0. The van der Waals surface area contributed by atoms with E-state index in [9.17, 15) is 8.42 Å². The molecule has 0 fully saturated rings. The van der Waals surface area contributed by atoms with E-state index in [1.54, 1.807) is 24.4 Å². The van der Waals surface area contributed by atoms with E-state index in [-0.39, 0.29) is 10.8 Å². The van der Waals surface area contributed by atoms with Gasteiger partial charge >= 0.3 is 0 Å². The lowest BCUT2D eigenvalue weighted by Gasteiger charge is -2.26. The third-order valence-electron chi connectivity index (χ3n) is 2.27. The minimum Gasteiger partial charge on any atom is -0.394 e. The van der Waals surface area contributed by atoms with Gasteiger partial charge in [-0.1, -0.05) is 13.0 Å². The van der Waals surface area contributed by atoms with E-state index in [0.29, 0.717) is 6.42 Å². The van der Waals surface area contributed by atoms with Gasteiger partial charge in [0.05, 0.1) is 12.1 Å². The lowest BCUT2D eigenvalue weighted by atomic mass is 10.0. The van der Waals surface area contributed by atoms with Crippen molar-refractivity contribution in [3.05, 3.63) is 17.5 Å². The van der Waals surface area contributed by atoms with Crippen LogP contribution in [-0.2, 0) is 10.0 Å². The second-order valence-electron chi connectivity index (χ2n) is 3.61. The number of rotatable bonds is 5. The molecule has 6 heteroatoms. The summed E-state index contributed by atoms with van der Waals surface area (Å²) in [5, 5.41) is 10.8. The van der Waals surface area contributed by atoms with Gasteiger partial charge in [-0.05, 0) is 24.8 Å². The van der Waals surface area contributed by atoms with Crippen LogP contribution in [-0.4, -0.2) is 25.7 Å². The summed E-state index contributed by atoms with van der Waals surface area (Å²) < 4.78 is 26.4. The molecule has 0 aliphatic carbocycles. The van der Waals surface area contributed by atoms with Gasteiger partial charge in [0, 0.05) is 0 Å². The van der Waals surface area contributed by atoms with Crippen LogP contribution in [0.1, 0.15) is 20.3 Å². The number of hydrogen-bond donors (Lipinski definition) is 2. The third kappa shape index (κ3) is 3.01. The molecule has 0 saturated heterocycles. The molecule has 2 N–H and O–H groups in total. The van der Waals surface area contributed by atoms with Crippen molar-refractivity contribution in [3.8, 4) is 0 Å². The predicted molar refractivity (Wildman–Crippen MR) is 60.4 cm³/mol. The van der Waals surface area contributed by atoms with Gasteiger partial charge < -0.3 is 5.11 Å². The molecule has 1 aromatic heterocycles. The smallest absolute Gasteiger partial charge is 0.250 e. The lowest BCUT2D eigenvalue weighted by Crippen LogP contribution is -2.48. The lowest BCUT2D eigenvalue weighted by molar-refractivity contribution is 0.191. The van der Waals surface area contributed by atoms with Crippen molar-refractivity contribution in [2.45, 2.75) is 30.0 Å². The van der Waals surface area contributed by atoms with Gasteiger partial charge in [-0.3, -0.25) is 0 Å². The molecule has 1 rings (SSSR count). The molecule has 1 atom stereocenters. The van der Waals surface area contributed by atoms with Gasteiger partial charge in [-0.25, -0.2) is 13.1 Å². The first-order valence-corrected chi connectivity index (χ1v) is 6.98. The summed E-state index contributed by atoms with van der Waals surface area (Å²) in [6, 6.07) is 3.22. The van der Waals surface area contributed by atoms with E-state index in [4.69, 9.17) is 5.11 Å². The second-order valence-corrected chi connectivity index (χ2v) is 6.47. The van der Waals surface area contributed by atoms with Crippen LogP contribution in [0.15, 0.2) is 21.7 Å². The highest BCUT2D eigenvalue weighted by Gasteiger charge is 2.28. The highest BCUT2D eigenvalue weighted by atomic mass is 32.2. The molecule has 1 unspecified atom stereocenters. The zero-order valence-corrected chi connectivity index (χ0v) is 10.4. The van der Waals surface area contributed by atoms with Crippen molar-refractivity contribution in [1.29, 1.82) is 0 Å². The highest BCUT2D eigenvalue weighted by Crippen LogP contribution is 2.19. The van der Waals surface area contributed by atoms with E-state index in [1.165, 1.54) is 0 Å².